The number of hydrogen-bond donors (Lipinski definition) is 1. The molecule has 0 saturated heterocycles. The van der Waals surface area contributed by atoms with Crippen molar-refractivity contribution in [1.29, 1.82) is 0 Å². The summed E-state index contributed by atoms with van der Waals surface area (Å²) in [5.41, 5.74) is 6.84. The Morgan fingerprint density at radius 3 is 2.46 bits per heavy atom. The van der Waals surface area contributed by atoms with E-state index in [0.717, 1.165) is 35.0 Å². The van der Waals surface area contributed by atoms with Crippen LogP contribution in [0.3, 0.4) is 0 Å². The number of benzene rings is 1. The van der Waals surface area contributed by atoms with Crippen molar-refractivity contribution in [2.24, 2.45) is 5.73 Å². The summed E-state index contributed by atoms with van der Waals surface area (Å²) in [5.74, 6) is 2.59. The molecule has 3 rings (SSSR count). The highest BCUT2D eigenvalue weighted by Gasteiger charge is 2.39. The van der Waals surface area contributed by atoms with Crippen LogP contribution in [0.25, 0.3) is 0 Å². The van der Waals surface area contributed by atoms with Crippen LogP contribution in [0.4, 0.5) is 0 Å². The summed E-state index contributed by atoms with van der Waals surface area (Å²) >= 11 is 3.58. The summed E-state index contributed by atoms with van der Waals surface area (Å²) in [6, 6.07) is 3.86. The van der Waals surface area contributed by atoms with Crippen LogP contribution in [0.5, 0.6) is 11.5 Å². The van der Waals surface area contributed by atoms with Gasteiger partial charge in [-0.05, 0) is 50.8 Å². The van der Waals surface area contributed by atoms with E-state index in [1.165, 1.54) is 0 Å². The lowest BCUT2D eigenvalue weighted by Gasteiger charge is -2.34. The van der Waals surface area contributed by atoms with E-state index in [9.17, 15) is 0 Å². The first-order valence-electron chi connectivity index (χ1n) is 8.25. The van der Waals surface area contributed by atoms with Crippen LogP contribution in [-0.2, 0) is 12.0 Å². The number of nitrogens with zero attached hydrogens (tertiary/aromatic N) is 2. The fourth-order valence-corrected chi connectivity index (χ4v) is 3.18. The molecule has 2 aromatic rings. The minimum atomic E-state index is -0.408. The molecule has 6 nitrogen and oxygen atoms in total. The number of aromatic nitrogens is 2. The van der Waals surface area contributed by atoms with Crippen LogP contribution in [0.15, 0.2) is 21.1 Å². The van der Waals surface area contributed by atoms with Gasteiger partial charge >= 0.3 is 0 Å². The average Bonchev–Trinajstić information content (AvgIpc) is 2.98. The molecule has 1 aliphatic carbocycles. The van der Waals surface area contributed by atoms with Crippen LogP contribution in [0.2, 0.25) is 0 Å². The van der Waals surface area contributed by atoms with E-state index in [2.05, 4.69) is 26.1 Å². The van der Waals surface area contributed by atoms with E-state index in [1.807, 2.05) is 26.0 Å². The predicted molar refractivity (Wildman–Crippen MR) is 93.3 cm³/mol. The number of ether oxygens (including phenoxy) is 2. The van der Waals surface area contributed by atoms with Gasteiger partial charge in [0.15, 0.2) is 17.3 Å². The largest absolute Gasteiger partial charge is 0.490 e. The van der Waals surface area contributed by atoms with Gasteiger partial charge in [0.2, 0.25) is 5.89 Å². The van der Waals surface area contributed by atoms with E-state index >= 15 is 0 Å². The van der Waals surface area contributed by atoms with E-state index in [-0.39, 0.29) is 0 Å². The summed E-state index contributed by atoms with van der Waals surface area (Å²) in [6.45, 7) is 5.04. The van der Waals surface area contributed by atoms with Crippen molar-refractivity contribution in [3.63, 3.8) is 0 Å². The molecule has 0 aliphatic heterocycles. The standard InChI is InChI=1S/C17H22BrN3O3/c1-3-22-13-8-11(12(18)10-14(13)23-4-2)9-15-20-16(21-24-15)17(19)6-5-7-17/h8,10H,3-7,9,19H2,1-2H3. The molecule has 1 heterocycles. The zero-order valence-corrected chi connectivity index (χ0v) is 15.6. The molecule has 7 heteroatoms. The summed E-state index contributed by atoms with van der Waals surface area (Å²) in [7, 11) is 0. The Balaban J connectivity index is 1.82. The second kappa shape index (κ2) is 7.11. The number of rotatable bonds is 7. The Kier molecular flexibility index (Phi) is 5.10. The molecule has 0 spiro atoms. The number of hydrogen-bond acceptors (Lipinski definition) is 6. The highest BCUT2D eigenvalue weighted by atomic mass is 79.9. The molecule has 0 radical (unpaired) electrons. The van der Waals surface area contributed by atoms with Crippen molar-refractivity contribution in [1.82, 2.24) is 10.1 Å². The minimum Gasteiger partial charge on any atom is -0.490 e. The predicted octanol–water partition coefficient (Wildman–Crippen LogP) is 3.56. The average molecular weight is 396 g/mol. The second-order valence-corrected chi connectivity index (χ2v) is 6.81. The topological polar surface area (TPSA) is 83.4 Å². The molecule has 1 aromatic heterocycles. The van der Waals surface area contributed by atoms with E-state index < -0.39 is 5.54 Å². The highest BCUT2D eigenvalue weighted by molar-refractivity contribution is 9.10. The Morgan fingerprint density at radius 1 is 1.21 bits per heavy atom. The lowest BCUT2D eigenvalue weighted by molar-refractivity contribution is 0.229. The van der Waals surface area contributed by atoms with E-state index in [1.54, 1.807) is 0 Å². The SMILES string of the molecule is CCOc1cc(Br)c(Cc2nc(C3(N)CCC3)no2)cc1OCC. The smallest absolute Gasteiger partial charge is 0.231 e. The summed E-state index contributed by atoms with van der Waals surface area (Å²) in [6.07, 6.45) is 3.44. The Morgan fingerprint density at radius 2 is 1.88 bits per heavy atom. The van der Waals surface area contributed by atoms with E-state index in [0.29, 0.717) is 37.1 Å². The van der Waals surface area contributed by atoms with Gasteiger partial charge in [-0.15, -0.1) is 0 Å². The molecular formula is C17H22BrN3O3. The zero-order valence-electron chi connectivity index (χ0n) is 14.0. The van der Waals surface area contributed by atoms with E-state index in [4.69, 9.17) is 19.7 Å². The van der Waals surface area contributed by atoms with Crippen molar-refractivity contribution in [2.45, 2.75) is 45.1 Å². The Labute approximate surface area is 149 Å². The fraction of sp³-hybridized carbons (Fsp3) is 0.529. The molecule has 2 N–H and O–H groups in total. The molecule has 0 bridgehead atoms. The first-order valence-corrected chi connectivity index (χ1v) is 9.05. The van der Waals surface area contributed by atoms with Crippen molar-refractivity contribution >= 4 is 15.9 Å². The second-order valence-electron chi connectivity index (χ2n) is 5.95. The Hall–Kier alpha value is -1.60. The van der Waals surface area contributed by atoms with Gasteiger partial charge in [-0.1, -0.05) is 21.1 Å². The first kappa shape index (κ1) is 17.2. The third-order valence-electron chi connectivity index (χ3n) is 4.21. The number of halogens is 1. The third-order valence-corrected chi connectivity index (χ3v) is 4.95. The summed E-state index contributed by atoms with van der Waals surface area (Å²) < 4.78 is 17.6. The molecule has 1 aliphatic rings. The molecule has 24 heavy (non-hydrogen) atoms. The van der Waals surface area contributed by atoms with Gasteiger partial charge < -0.3 is 19.7 Å². The fourth-order valence-electron chi connectivity index (χ4n) is 2.72. The van der Waals surface area contributed by atoms with Crippen molar-refractivity contribution < 1.29 is 14.0 Å². The number of nitrogens with two attached hydrogens (primary N) is 1. The van der Waals surface area contributed by atoms with Gasteiger partial charge in [0, 0.05) is 4.47 Å². The minimum absolute atomic E-state index is 0.408. The van der Waals surface area contributed by atoms with Crippen LogP contribution >= 0.6 is 15.9 Å². The van der Waals surface area contributed by atoms with Gasteiger partial charge in [0.05, 0.1) is 25.2 Å². The van der Waals surface area contributed by atoms with Gasteiger partial charge in [0.25, 0.3) is 0 Å². The first-order chi connectivity index (χ1) is 11.6. The van der Waals surface area contributed by atoms with Crippen LogP contribution in [0.1, 0.15) is 50.4 Å². The molecule has 0 atom stereocenters. The maximum Gasteiger partial charge on any atom is 0.231 e. The lowest BCUT2D eigenvalue weighted by atomic mass is 9.77. The highest BCUT2D eigenvalue weighted by Crippen LogP contribution is 2.38. The Bertz CT molecular complexity index is 713. The van der Waals surface area contributed by atoms with Gasteiger partial charge in [-0.25, -0.2) is 0 Å². The lowest BCUT2D eigenvalue weighted by Crippen LogP contribution is -2.44. The summed E-state index contributed by atoms with van der Waals surface area (Å²) in [4.78, 5) is 4.48. The quantitative estimate of drug-likeness (QED) is 0.771. The van der Waals surface area contributed by atoms with Gasteiger partial charge in [0.1, 0.15) is 0 Å². The molecule has 0 amide bonds. The van der Waals surface area contributed by atoms with Crippen molar-refractivity contribution in [3.05, 3.63) is 33.9 Å². The summed E-state index contributed by atoms with van der Waals surface area (Å²) in [5, 5.41) is 4.06. The van der Waals surface area contributed by atoms with Crippen molar-refractivity contribution in [3.8, 4) is 11.5 Å². The molecule has 1 saturated carbocycles. The zero-order chi connectivity index (χ0) is 17.2. The normalized spacial score (nSPS) is 15.8. The molecule has 130 valence electrons. The maximum absolute atomic E-state index is 6.25. The van der Waals surface area contributed by atoms with Crippen LogP contribution in [0, 0.1) is 0 Å². The molecule has 1 fully saturated rings. The van der Waals surface area contributed by atoms with Gasteiger partial charge in [-0.2, -0.15) is 4.98 Å². The van der Waals surface area contributed by atoms with Gasteiger partial charge in [-0.3, -0.25) is 0 Å². The molecule has 0 unspecified atom stereocenters. The van der Waals surface area contributed by atoms with Crippen molar-refractivity contribution in [2.75, 3.05) is 13.2 Å². The molecule has 1 aromatic carbocycles. The monoisotopic (exact) mass is 395 g/mol. The molecular weight excluding hydrogens is 374 g/mol. The van der Waals surface area contributed by atoms with Crippen LogP contribution in [-0.4, -0.2) is 23.4 Å². The maximum atomic E-state index is 6.25. The third kappa shape index (κ3) is 3.42. The van der Waals surface area contributed by atoms with Crippen LogP contribution < -0.4 is 15.2 Å².